The van der Waals surface area contributed by atoms with E-state index in [0.717, 1.165) is 34.6 Å². The number of aryl methyl sites for hydroxylation is 1. The maximum absolute atomic E-state index is 4.85. The number of H-pyrrole nitrogens is 1. The Bertz CT molecular complexity index is 1080. The maximum atomic E-state index is 4.85. The van der Waals surface area contributed by atoms with Crippen molar-refractivity contribution in [1.29, 1.82) is 0 Å². The first kappa shape index (κ1) is 22.5. The Labute approximate surface area is 197 Å². The highest BCUT2D eigenvalue weighted by molar-refractivity contribution is 5.68. The van der Waals surface area contributed by atoms with Gasteiger partial charge in [-0.05, 0) is 90.2 Å². The number of hydrogen-bond acceptors (Lipinski definition) is 5. The molecule has 1 aliphatic heterocycles. The molecule has 0 unspecified atom stereocenters. The minimum atomic E-state index is 0.420. The lowest BCUT2D eigenvalue weighted by atomic mass is 9.80. The number of pyridine rings is 1. The zero-order chi connectivity index (χ0) is 23.1. The summed E-state index contributed by atoms with van der Waals surface area (Å²) in [5.41, 5.74) is 6.98. The van der Waals surface area contributed by atoms with Crippen molar-refractivity contribution in [2.24, 2.45) is 0 Å². The Morgan fingerprint density at radius 1 is 1.06 bits per heavy atom. The third kappa shape index (κ3) is 4.33. The molecule has 2 aliphatic rings. The lowest BCUT2D eigenvalue weighted by Crippen LogP contribution is -2.47. The third-order valence-corrected chi connectivity index (χ3v) is 8.09. The molecule has 4 heterocycles. The molecule has 7 heteroatoms. The summed E-state index contributed by atoms with van der Waals surface area (Å²) < 4.78 is 1.87. The van der Waals surface area contributed by atoms with Crippen molar-refractivity contribution in [3.05, 3.63) is 35.4 Å². The summed E-state index contributed by atoms with van der Waals surface area (Å²) in [4.78, 5) is 9.54. The van der Waals surface area contributed by atoms with Crippen molar-refractivity contribution < 1.29 is 0 Å². The number of fused-ring (bicyclic) bond motifs is 1. The molecule has 1 saturated carbocycles. The van der Waals surface area contributed by atoms with Gasteiger partial charge in [-0.1, -0.05) is 13.8 Å². The molecule has 0 radical (unpaired) electrons. The SMILES string of the molecule is Cc1cc(-c2n[nH]c(C3CCC(N4CCC(N(C)C)CC4)CC3)c2C(C)C)cn2ncnc12. The van der Waals surface area contributed by atoms with E-state index in [1.807, 2.05) is 4.52 Å². The average molecular weight is 450 g/mol. The number of aromatic amines is 1. The second-order valence-corrected chi connectivity index (χ2v) is 10.7. The van der Waals surface area contributed by atoms with Crippen LogP contribution < -0.4 is 0 Å². The third-order valence-electron chi connectivity index (χ3n) is 8.09. The van der Waals surface area contributed by atoms with Crippen molar-refractivity contribution in [3.8, 4) is 11.3 Å². The molecule has 3 aromatic heterocycles. The minimum absolute atomic E-state index is 0.420. The Morgan fingerprint density at radius 2 is 1.79 bits per heavy atom. The highest BCUT2D eigenvalue weighted by atomic mass is 15.3. The zero-order valence-electron chi connectivity index (χ0n) is 20.9. The van der Waals surface area contributed by atoms with Gasteiger partial charge in [0.25, 0.3) is 0 Å². The van der Waals surface area contributed by atoms with Gasteiger partial charge in [0.1, 0.15) is 6.33 Å². The lowest BCUT2D eigenvalue weighted by Gasteiger charge is -2.42. The summed E-state index contributed by atoms with van der Waals surface area (Å²) in [6.07, 6.45) is 11.4. The fraction of sp³-hybridized carbons (Fsp3) is 0.654. The molecular weight excluding hydrogens is 410 g/mol. The van der Waals surface area contributed by atoms with Gasteiger partial charge in [0.05, 0.1) is 5.69 Å². The number of nitrogens with zero attached hydrogens (tertiary/aromatic N) is 6. The molecule has 5 rings (SSSR count). The van der Waals surface area contributed by atoms with E-state index in [1.54, 1.807) is 6.33 Å². The fourth-order valence-electron chi connectivity index (χ4n) is 6.20. The van der Waals surface area contributed by atoms with Gasteiger partial charge >= 0.3 is 0 Å². The van der Waals surface area contributed by atoms with E-state index in [9.17, 15) is 0 Å². The number of rotatable bonds is 5. The highest BCUT2D eigenvalue weighted by Gasteiger charge is 2.32. The quantitative estimate of drug-likeness (QED) is 0.616. The molecule has 7 nitrogen and oxygen atoms in total. The maximum Gasteiger partial charge on any atom is 0.158 e. The van der Waals surface area contributed by atoms with E-state index >= 15 is 0 Å². The Morgan fingerprint density at radius 3 is 2.45 bits per heavy atom. The summed E-state index contributed by atoms with van der Waals surface area (Å²) in [7, 11) is 4.45. The normalized spacial score (nSPS) is 23.2. The van der Waals surface area contributed by atoms with E-state index in [-0.39, 0.29) is 0 Å². The van der Waals surface area contributed by atoms with Crippen LogP contribution in [0.25, 0.3) is 16.9 Å². The predicted octanol–water partition coefficient (Wildman–Crippen LogP) is 4.60. The standard InChI is InChI=1S/C26H39N7/c1-17(2)23-24(29-30-25(23)20-14-18(3)26-27-16-28-33(26)15-20)19-6-8-22(9-7-19)32-12-10-21(11-13-32)31(4)5/h14-17,19,21-22H,6-13H2,1-5H3,(H,29,30). The van der Waals surface area contributed by atoms with E-state index in [4.69, 9.17) is 5.10 Å². The number of likely N-dealkylation sites (tertiary alicyclic amines) is 1. The van der Waals surface area contributed by atoms with Crippen LogP contribution >= 0.6 is 0 Å². The van der Waals surface area contributed by atoms with Gasteiger partial charge in [0.2, 0.25) is 0 Å². The van der Waals surface area contributed by atoms with Crippen LogP contribution in [0, 0.1) is 6.92 Å². The van der Waals surface area contributed by atoms with E-state index in [1.165, 1.54) is 62.9 Å². The summed E-state index contributed by atoms with van der Waals surface area (Å²) >= 11 is 0. The van der Waals surface area contributed by atoms with Gasteiger partial charge in [-0.2, -0.15) is 10.2 Å². The molecule has 0 atom stereocenters. The predicted molar refractivity (Wildman–Crippen MR) is 133 cm³/mol. The van der Waals surface area contributed by atoms with Crippen LogP contribution in [0.5, 0.6) is 0 Å². The first-order valence-corrected chi connectivity index (χ1v) is 12.7. The Hall–Kier alpha value is -2.25. The average Bonchev–Trinajstić information content (AvgIpc) is 3.47. The summed E-state index contributed by atoms with van der Waals surface area (Å²) in [6.45, 7) is 9.19. The van der Waals surface area contributed by atoms with Crippen molar-refractivity contribution in [3.63, 3.8) is 0 Å². The Balaban J connectivity index is 1.32. The van der Waals surface area contributed by atoms with Gasteiger partial charge in [-0.25, -0.2) is 9.50 Å². The molecule has 178 valence electrons. The second-order valence-electron chi connectivity index (χ2n) is 10.7. The molecule has 1 N–H and O–H groups in total. The molecular formula is C26H39N7. The number of nitrogens with one attached hydrogen (secondary N) is 1. The number of hydrogen-bond donors (Lipinski definition) is 1. The van der Waals surface area contributed by atoms with Gasteiger partial charge in [-0.3, -0.25) is 5.10 Å². The first-order chi connectivity index (χ1) is 15.9. The topological polar surface area (TPSA) is 65.4 Å². The summed E-state index contributed by atoms with van der Waals surface area (Å²) in [5.74, 6) is 0.999. The van der Waals surface area contributed by atoms with Gasteiger partial charge < -0.3 is 9.80 Å². The van der Waals surface area contributed by atoms with Crippen LogP contribution in [0.1, 0.15) is 81.0 Å². The van der Waals surface area contributed by atoms with Crippen LogP contribution in [0.2, 0.25) is 0 Å². The second kappa shape index (κ2) is 9.18. The van der Waals surface area contributed by atoms with Gasteiger partial charge in [0, 0.05) is 41.0 Å². The molecule has 0 bridgehead atoms. The fourth-order valence-corrected chi connectivity index (χ4v) is 6.20. The summed E-state index contributed by atoms with van der Waals surface area (Å²) in [6, 6.07) is 3.71. The van der Waals surface area contributed by atoms with Gasteiger partial charge in [0.15, 0.2) is 5.65 Å². The van der Waals surface area contributed by atoms with E-state index in [2.05, 4.69) is 72.1 Å². The van der Waals surface area contributed by atoms with Gasteiger partial charge in [-0.15, -0.1) is 0 Å². The molecule has 1 saturated heterocycles. The van der Waals surface area contributed by atoms with Crippen molar-refractivity contribution in [2.75, 3.05) is 27.2 Å². The van der Waals surface area contributed by atoms with Crippen LogP contribution in [0.15, 0.2) is 18.6 Å². The molecule has 33 heavy (non-hydrogen) atoms. The first-order valence-electron chi connectivity index (χ1n) is 12.7. The smallest absolute Gasteiger partial charge is 0.158 e. The molecule has 0 spiro atoms. The highest BCUT2D eigenvalue weighted by Crippen LogP contribution is 2.41. The number of piperidine rings is 1. The van der Waals surface area contributed by atoms with Crippen LogP contribution in [-0.4, -0.2) is 73.9 Å². The van der Waals surface area contributed by atoms with Crippen molar-refractivity contribution in [1.82, 2.24) is 34.6 Å². The van der Waals surface area contributed by atoms with E-state index in [0.29, 0.717) is 11.8 Å². The molecule has 0 amide bonds. The van der Waals surface area contributed by atoms with Crippen molar-refractivity contribution >= 4 is 5.65 Å². The largest absolute Gasteiger partial charge is 0.306 e. The van der Waals surface area contributed by atoms with E-state index < -0.39 is 0 Å². The monoisotopic (exact) mass is 449 g/mol. The van der Waals surface area contributed by atoms with Crippen LogP contribution in [0.3, 0.4) is 0 Å². The number of aromatic nitrogens is 5. The molecule has 0 aromatic carbocycles. The lowest BCUT2D eigenvalue weighted by molar-refractivity contribution is 0.0861. The van der Waals surface area contributed by atoms with Crippen molar-refractivity contribution in [2.45, 2.75) is 83.2 Å². The minimum Gasteiger partial charge on any atom is -0.306 e. The molecule has 1 aliphatic carbocycles. The molecule has 2 fully saturated rings. The zero-order valence-corrected chi connectivity index (χ0v) is 20.9. The Kier molecular flexibility index (Phi) is 6.27. The molecule has 3 aromatic rings. The van der Waals surface area contributed by atoms with Crippen LogP contribution in [-0.2, 0) is 0 Å². The summed E-state index contributed by atoms with van der Waals surface area (Å²) in [5, 5.41) is 12.7. The van der Waals surface area contributed by atoms with Crippen LogP contribution in [0.4, 0.5) is 0 Å².